The number of ether oxygens (including phenoxy) is 2. The Morgan fingerprint density at radius 3 is 2.20 bits per heavy atom. The van der Waals surface area contributed by atoms with E-state index in [1.54, 1.807) is 52.9 Å². The summed E-state index contributed by atoms with van der Waals surface area (Å²) in [6, 6.07) is 10.1. The van der Waals surface area contributed by atoms with Crippen molar-refractivity contribution in [1.82, 2.24) is 15.6 Å². The van der Waals surface area contributed by atoms with E-state index >= 15 is 0 Å². The van der Waals surface area contributed by atoms with Gasteiger partial charge in [0.15, 0.2) is 5.13 Å². The first-order valence-electron chi connectivity index (χ1n) is 15.0. The fraction of sp³-hybridized carbons (Fsp3) is 0.515. The standard InChI is InChI=1S/C33H45Cl2N5O4S/c1-21(2)18-26-27(23-14-15-24(34)25(35)19-23)37-29(45-26)40(20-22-12-10-9-11-13-22)17-16-36-28(38-30(41)43-32(3,4)5)39-31(42)44-33(6,7)8/h9-14,19,21,24H,15-18,20H2,1-8H3,(H2,36,38,39,41,42). The fourth-order valence-corrected chi connectivity index (χ4v) is 5.93. The van der Waals surface area contributed by atoms with Crippen molar-refractivity contribution in [2.24, 2.45) is 10.9 Å². The molecule has 1 aliphatic carbocycles. The van der Waals surface area contributed by atoms with E-state index in [2.05, 4.69) is 52.6 Å². The monoisotopic (exact) mass is 677 g/mol. The zero-order valence-corrected chi connectivity index (χ0v) is 29.7. The number of hydrogen-bond donors (Lipinski definition) is 2. The summed E-state index contributed by atoms with van der Waals surface area (Å²) in [4.78, 5) is 38.1. The van der Waals surface area contributed by atoms with Gasteiger partial charge in [0.05, 0.1) is 17.6 Å². The van der Waals surface area contributed by atoms with Crippen LogP contribution in [0.25, 0.3) is 5.57 Å². The second kappa shape index (κ2) is 16.0. The predicted molar refractivity (Wildman–Crippen MR) is 185 cm³/mol. The van der Waals surface area contributed by atoms with E-state index in [1.165, 1.54) is 4.88 Å². The van der Waals surface area contributed by atoms with Crippen LogP contribution in [0.15, 0.2) is 52.5 Å². The number of carbonyl (C=O) groups excluding carboxylic acids is 2. The normalized spacial score (nSPS) is 15.1. The minimum atomic E-state index is -0.743. The van der Waals surface area contributed by atoms with Crippen molar-refractivity contribution in [3.05, 3.63) is 63.7 Å². The maximum atomic E-state index is 12.6. The average Bonchev–Trinajstić information content (AvgIpc) is 3.31. The summed E-state index contributed by atoms with van der Waals surface area (Å²) in [5.74, 6) is 0.357. The lowest BCUT2D eigenvalue weighted by molar-refractivity contribution is 0.0545. The number of aromatic nitrogens is 1. The van der Waals surface area contributed by atoms with Gasteiger partial charge in [0.2, 0.25) is 5.96 Å². The number of allylic oxidation sites excluding steroid dienone is 4. The summed E-state index contributed by atoms with van der Waals surface area (Å²) in [5, 5.41) is 6.31. The van der Waals surface area contributed by atoms with Crippen molar-refractivity contribution < 1.29 is 19.1 Å². The van der Waals surface area contributed by atoms with E-state index in [-0.39, 0.29) is 17.9 Å². The largest absolute Gasteiger partial charge is 0.444 e. The summed E-state index contributed by atoms with van der Waals surface area (Å²) in [6.07, 6.45) is 4.02. The van der Waals surface area contributed by atoms with Crippen LogP contribution in [0.2, 0.25) is 0 Å². The van der Waals surface area contributed by atoms with E-state index in [0.29, 0.717) is 30.5 Å². The van der Waals surface area contributed by atoms with Crippen molar-refractivity contribution in [1.29, 1.82) is 0 Å². The zero-order chi connectivity index (χ0) is 33.4. The molecule has 2 aromatic rings. The molecule has 0 saturated carbocycles. The number of carbonyl (C=O) groups is 2. The number of nitrogens with one attached hydrogen (secondary N) is 2. The van der Waals surface area contributed by atoms with E-state index in [4.69, 9.17) is 37.7 Å². The number of alkyl halides is 1. The van der Waals surface area contributed by atoms with Crippen LogP contribution in [0.5, 0.6) is 0 Å². The lowest BCUT2D eigenvalue weighted by Crippen LogP contribution is -2.47. The molecule has 1 unspecified atom stereocenters. The Labute approximate surface area is 281 Å². The molecule has 1 heterocycles. The third-order valence-electron chi connectivity index (χ3n) is 6.06. The number of aliphatic imine (C=N–C) groups is 1. The number of guanidine groups is 1. The van der Waals surface area contributed by atoms with Gasteiger partial charge in [-0.25, -0.2) is 14.6 Å². The van der Waals surface area contributed by atoms with Crippen LogP contribution in [0.4, 0.5) is 14.7 Å². The van der Waals surface area contributed by atoms with Crippen molar-refractivity contribution >= 4 is 63.4 Å². The van der Waals surface area contributed by atoms with Gasteiger partial charge in [-0.2, -0.15) is 0 Å². The molecule has 1 aromatic heterocycles. The number of rotatable bonds is 9. The second-order valence-electron chi connectivity index (χ2n) is 13.1. The Bertz CT molecular complexity index is 1380. The molecule has 12 heteroatoms. The third kappa shape index (κ3) is 12.7. The van der Waals surface area contributed by atoms with Gasteiger partial charge in [0.1, 0.15) is 11.2 Å². The van der Waals surface area contributed by atoms with E-state index < -0.39 is 23.4 Å². The number of hydrogen-bond acceptors (Lipinski definition) is 8. The Kier molecular flexibility index (Phi) is 12.9. The molecule has 45 heavy (non-hydrogen) atoms. The highest BCUT2D eigenvalue weighted by molar-refractivity contribution is 7.15. The highest BCUT2D eigenvalue weighted by Gasteiger charge is 2.24. The molecule has 0 bridgehead atoms. The van der Waals surface area contributed by atoms with Crippen LogP contribution < -0.4 is 15.5 Å². The van der Waals surface area contributed by atoms with Gasteiger partial charge in [-0.3, -0.25) is 15.6 Å². The summed E-state index contributed by atoms with van der Waals surface area (Å²) in [6.45, 7) is 16.1. The molecule has 0 saturated heterocycles. The molecule has 246 valence electrons. The van der Waals surface area contributed by atoms with Gasteiger partial charge in [-0.15, -0.1) is 22.9 Å². The highest BCUT2D eigenvalue weighted by atomic mass is 35.5. The smallest absolute Gasteiger partial charge is 0.414 e. The average molecular weight is 679 g/mol. The lowest BCUT2D eigenvalue weighted by Gasteiger charge is -2.23. The number of amides is 2. The number of halogens is 2. The number of alkyl carbamates (subject to hydrolysis) is 2. The molecule has 1 aliphatic rings. The van der Waals surface area contributed by atoms with Gasteiger partial charge in [-0.05, 0) is 77.5 Å². The molecule has 0 fully saturated rings. The van der Waals surface area contributed by atoms with Crippen LogP contribution in [0.3, 0.4) is 0 Å². The maximum absolute atomic E-state index is 12.6. The SMILES string of the molecule is CC(C)Cc1sc(N(CCN=C(NC(=O)OC(C)(C)C)NC(=O)OC(C)(C)C)Cc2ccccc2)nc1C1=CCC(Cl)C(Cl)=C1. The molecule has 0 radical (unpaired) electrons. The van der Waals surface area contributed by atoms with E-state index in [9.17, 15) is 9.59 Å². The van der Waals surface area contributed by atoms with Crippen molar-refractivity contribution in [2.75, 3.05) is 18.0 Å². The Hall–Kier alpha value is -3.08. The quantitative estimate of drug-likeness (QED) is 0.157. The molecular formula is C33H45Cl2N5O4S. The molecule has 3 rings (SSSR count). The van der Waals surface area contributed by atoms with Gasteiger partial charge in [0, 0.05) is 23.0 Å². The zero-order valence-electron chi connectivity index (χ0n) is 27.4. The first-order valence-corrected chi connectivity index (χ1v) is 16.7. The van der Waals surface area contributed by atoms with Crippen molar-refractivity contribution in [3.8, 4) is 0 Å². The van der Waals surface area contributed by atoms with Crippen LogP contribution >= 0.6 is 34.5 Å². The van der Waals surface area contributed by atoms with Gasteiger partial charge in [-0.1, -0.05) is 61.9 Å². The minimum absolute atomic E-state index is 0.0683. The molecule has 1 aromatic carbocycles. The summed E-state index contributed by atoms with van der Waals surface area (Å²) < 4.78 is 10.8. The van der Waals surface area contributed by atoms with E-state index in [0.717, 1.165) is 28.4 Å². The fourth-order valence-electron chi connectivity index (χ4n) is 4.25. The minimum Gasteiger partial charge on any atom is -0.444 e. The number of anilines is 1. The summed E-state index contributed by atoms with van der Waals surface area (Å²) >= 11 is 14.4. The number of thiazole rings is 1. The summed E-state index contributed by atoms with van der Waals surface area (Å²) in [7, 11) is 0. The molecule has 0 spiro atoms. The van der Waals surface area contributed by atoms with Crippen LogP contribution in [-0.2, 0) is 22.4 Å². The molecule has 2 amide bonds. The molecule has 1 atom stereocenters. The maximum Gasteiger partial charge on any atom is 0.414 e. The van der Waals surface area contributed by atoms with Crippen LogP contribution in [0.1, 0.15) is 77.9 Å². The first-order chi connectivity index (χ1) is 21.0. The molecule has 9 nitrogen and oxygen atoms in total. The van der Waals surface area contributed by atoms with Crippen molar-refractivity contribution in [2.45, 2.75) is 91.4 Å². The Morgan fingerprint density at radius 1 is 1.07 bits per heavy atom. The topological polar surface area (TPSA) is 105 Å². The highest BCUT2D eigenvalue weighted by Crippen LogP contribution is 2.37. The number of nitrogens with zero attached hydrogens (tertiary/aromatic N) is 3. The predicted octanol–water partition coefficient (Wildman–Crippen LogP) is 8.27. The van der Waals surface area contributed by atoms with Gasteiger partial charge in [0.25, 0.3) is 0 Å². The molecule has 0 aliphatic heterocycles. The second-order valence-corrected chi connectivity index (χ2v) is 15.2. The lowest BCUT2D eigenvalue weighted by atomic mass is 10.0. The third-order valence-corrected chi connectivity index (χ3v) is 8.09. The number of benzene rings is 1. The van der Waals surface area contributed by atoms with Gasteiger partial charge >= 0.3 is 12.2 Å². The van der Waals surface area contributed by atoms with Gasteiger partial charge < -0.3 is 14.4 Å². The van der Waals surface area contributed by atoms with E-state index in [1.807, 2.05) is 24.3 Å². The van der Waals surface area contributed by atoms with Crippen molar-refractivity contribution in [3.63, 3.8) is 0 Å². The molecule has 2 N–H and O–H groups in total. The Morgan fingerprint density at radius 2 is 1.67 bits per heavy atom. The molecular weight excluding hydrogens is 633 g/mol. The first kappa shape index (κ1) is 36.4. The van der Waals surface area contributed by atoms with Crippen LogP contribution in [-0.4, -0.2) is 52.8 Å². The summed E-state index contributed by atoms with van der Waals surface area (Å²) in [5.41, 5.74) is 1.51. The van der Waals surface area contributed by atoms with Crippen LogP contribution in [0, 0.1) is 5.92 Å². The Balaban J connectivity index is 1.93.